The number of aromatic amines is 2. The van der Waals surface area contributed by atoms with Crippen molar-refractivity contribution in [3.8, 4) is 0 Å². The van der Waals surface area contributed by atoms with Crippen LogP contribution in [0, 0.1) is 5.92 Å². The lowest BCUT2D eigenvalue weighted by Gasteiger charge is -2.36. The Labute approximate surface area is 83.3 Å². The molecule has 0 saturated heterocycles. The largest absolute Gasteiger partial charge is 0.300 e. The highest BCUT2D eigenvalue weighted by Gasteiger charge is 2.44. The third kappa shape index (κ3) is 0.945. The normalized spacial score (nSPS) is 27.2. The van der Waals surface area contributed by atoms with E-state index >= 15 is 0 Å². The fraction of sp³-hybridized carbons (Fsp3) is 0.700. The fourth-order valence-electron chi connectivity index (χ4n) is 2.29. The number of nitrogens with one attached hydrogen (secondary N) is 2. The van der Waals surface area contributed by atoms with Crippen molar-refractivity contribution in [2.75, 3.05) is 7.05 Å². The highest BCUT2D eigenvalue weighted by molar-refractivity contribution is 5.30. The first-order valence-corrected chi connectivity index (χ1v) is 4.99. The van der Waals surface area contributed by atoms with Gasteiger partial charge in [-0.05, 0) is 19.9 Å². The molecular weight excluding hydrogens is 178 g/mol. The van der Waals surface area contributed by atoms with Gasteiger partial charge >= 0.3 is 0 Å². The van der Waals surface area contributed by atoms with E-state index in [-0.39, 0.29) is 11.1 Å². The molecule has 2 N–H and O–H groups in total. The third-order valence-electron chi connectivity index (χ3n) is 3.70. The molecule has 0 aromatic carbocycles. The molecule has 1 aliphatic rings. The van der Waals surface area contributed by atoms with Gasteiger partial charge in [-0.3, -0.25) is 14.8 Å². The van der Waals surface area contributed by atoms with Gasteiger partial charge in [0.15, 0.2) is 0 Å². The lowest BCUT2D eigenvalue weighted by Crippen LogP contribution is -2.40. The Morgan fingerprint density at radius 1 is 1.43 bits per heavy atom. The van der Waals surface area contributed by atoms with Gasteiger partial charge < -0.3 is 5.10 Å². The van der Waals surface area contributed by atoms with Gasteiger partial charge in [-0.2, -0.15) is 0 Å². The fourth-order valence-corrected chi connectivity index (χ4v) is 2.29. The summed E-state index contributed by atoms with van der Waals surface area (Å²) in [5, 5.41) is 5.67. The maximum Gasteiger partial charge on any atom is 0.268 e. The van der Waals surface area contributed by atoms with Gasteiger partial charge in [-0.25, -0.2) is 0 Å². The molecule has 0 amide bonds. The van der Waals surface area contributed by atoms with Gasteiger partial charge in [0.25, 0.3) is 5.56 Å². The Hall–Kier alpha value is -1.03. The molecular formula is C10H17N3O. The van der Waals surface area contributed by atoms with Crippen LogP contribution in [0.3, 0.4) is 0 Å². The molecule has 4 heteroatoms. The van der Waals surface area contributed by atoms with E-state index in [1.807, 2.05) is 0 Å². The molecule has 1 aromatic rings. The molecule has 78 valence electrons. The highest BCUT2D eigenvalue weighted by Crippen LogP contribution is 2.40. The summed E-state index contributed by atoms with van der Waals surface area (Å²) >= 11 is 0. The van der Waals surface area contributed by atoms with Crippen LogP contribution < -0.4 is 5.56 Å². The number of fused-ring (bicyclic) bond motifs is 1. The van der Waals surface area contributed by atoms with E-state index in [9.17, 15) is 4.79 Å². The van der Waals surface area contributed by atoms with E-state index in [2.05, 4.69) is 42.9 Å². The Kier molecular flexibility index (Phi) is 1.86. The average molecular weight is 195 g/mol. The van der Waals surface area contributed by atoms with E-state index in [1.54, 1.807) is 0 Å². The molecule has 1 unspecified atom stereocenters. The molecule has 2 heterocycles. The average Bonchev–Trinajstić information content (AvgIpc) is 2.57. The summed E-state index contributed by atoms with van der Waals surface area (Å²) in [5.74, 6) is 0.472. The summed E-state index contributed by atoms with van der Waals surface area (Å²) in [6.07, 6.45) is 0. The van der Waals surface area contributed by atoms with Crippen LogP contribution >= 0.6 is 0 Å². The van der Waals surface area contributed by atoms with E-state index < -0.39 is 0 Å². The SMILES string of the molecule is CC(C)C1(C)c2[nH][nH]c(=O)c2CN1C. The molecule has 1 aliphatic heterocycles. The lowest BCUT2D eigenvalue weighted by molar-refractivity contribution is 0.0977. The van der Waals surface area contributed by atoms with Crippen molar-refractivity contribution in [3.63, 3.8) is 0 Å². The van der Waals surface area contributed by atoms with Crippen LogP contribution in [0.2, 0.25) is 0 Å². The summed E-state index contributed by atoms with van der Waals surface area (Å²) in [5.41, 5.74) is 1.93. The van der Waals surface area contributed by atoms with Crippen LogP contribution in [-0.4, -0.2) is 22.1 Å². The second-order valence-corrected chi connectivity index (χ2v) is 4.59. The molecule has 4 nitrogen and oxygen atoms in total. The minimum atomic E-state index is -0.0471. The Bertz CT molecular complexity index is 404. The lowest BCUT2D eigenvalue weighted by atomic mass is 9.85. The summed E-state index contributed by atoms with van der Waals surface area (Å²) < 4.78 is 0. The van der Waals surface area contributed by atoms with Gasteiger partial charge in [0.1, 0.15) is 0 Å². The first-order chi connectivity index (χ1) is 6.48. The minimum absolute atomic E-state index is 0.0243. The molecule has 0 spiro atoms. The van der Waals surface area contributed by atoms with Crippen LogP contribution in [0.5, 0.6) is 0 Å². The van der Waals surface area contributed by atoms with Crippen LogP contribution in [0.25, 0.3) is 0 Å². The second kappa shape index (κ2) is 2.73. The van der Waals surface area contributed by atoms with Gasteiger partial charge in [-0.1, -0.05) is 13.8 Å². The quantitative estimate of drug-likeness (QED) is 0.703. The van der Waals surface area contributed by atoms with Crippen LogP contribution in [0.1, 0.15) is 32.0 Å². The maximum absolute atomic E-state index is 11.5. The topological polar surface area (TPSA) is 51.9 Å². The predicted octanol–water partition coefficient (Wildman–Crippen LogP) is 1.02. The molecule has 1 aromatic heterocycles. The zero-order valence-electron chi connectivity index (χ0n) is 9.14. The van der Waals surface area contributed by atoms with Crippen LogP contribution in [0.15, 0.2) is 4.79 Å². The Balaban J connectivity index is 2.60. The molecule has 2 rings (SSSR count). The van der Waals surface area contributed by atoms with Crippen molar-refractivity contribution < 1.29 is 0 Å². The molecule has 0 saturated carbocycles. The number of hydrogen-bond acceptors (Lipinski definition) is 2. The monoisotopic (exact) mass is 195 g/mol. The highest BCUT2D eigenvalue weighted by atomic mass is 16.1. The Morgan fingerprint density at radius 3 is 2.64 bits per heavy atom. The van der Waals surface area contributed by atoms with Crippen molar-refractivity contribution in [1.82, 2.24) is 15.1 Å². The van der Waals surface area contributed by atoms with E-state index in [0.717, 1.165) is 17.8 Å². The number of hydrogen-bond donors (Lipinski definition) is 2. The second-order valence-electron chi connectivity index (χ2n) is 4.59. The van der Waals surface area contributed by atoms with Gasteiger partial charge in [0.2, 0.25) is 0 Å². The molecule has 1 atom stereocenters. The summed E-state index contributed by atoms with van der Waals surface area (Å²) in [6.45, 7) is 7.27. The number of aromatic nitrogens is 2. The predicted molar refractivity (Wildman–Crippen MR) is 55.1 cm³/mol. The zero-order chi connectivity index (χ0) is 10.5. The van der Waals surface area contributed by atoms with Crippen LogP contribution in [-0.2, 0) is 12.1 Å². The van der Waals surface area contributed by atoms with Crippen molar-refractivity contribution in [3.05, 3.63) is 21.6 Å². The smallest absolute Gasteiger partial charge is 0.268 e. The molecule has 14 heavy (non-hydrogen) atoms. The van der Waals surface area contributed by atoms with Crippen molar-refractivity contribution in [2.24, 2.45) is 5.92 Å². The molecule has 0 radical (unpaired) electrons. The van der Waals surface area contributed by atoms with Gasteiger partial charge in [0, 0.05) is 6.54 Å². The van der Waals surface area contributed by atoms with Crippen molar-refractivity contribution in [2.45, 2.75) is 32.9 Å². The number of nitrogens with zero attached hydrogens (tertiary/aromatic N) is 1. The van der Waals surface area contributed by atoms with Crippen molar-refractivity contribution >= 4 is 0 Å². The minimum Gasteiger partial charge on any atom is -0.300 e. The van der Waals surface area contributed by atoms with Crippen LogP contribution in [0.4, 0.5) is 0 Å². The van der Waals surface area contributed by atoms with Crippen molar-refractivity contribution in [1.29, 1.82) is 0 Å². The van der Waals surface area contributed by atoms with E-state index in [1.165, 1.54) is 0 Å². The maximum atomic E-state index is 11.5. The van der Waals surface area contributed by atoms with Gasteiger partial charge in [-0.15, -0.1) is 0 Å². The number of rotatable bonds is 1. The molecule has 0 bridgehead atoms. The Morgan fingerprint density at radius 2 is 2.07 bits per heavy atom. The third-order valence-corrected chi connectivity index (χ3v) is 3.70. The summed E-state index contributed by atoms with van der Waals surface area (Å²) in [4.78, 5) is 13.7. The summed E-state index contributed by atoms with van der Waals surface area (Å²) in [7, 11) is 2.06. The molecule has 0 fully saturated rings. The van der Waals surface area contributed by atoms with Gasteiger partial charge in [0.05, 0.1) is 16.8 Å². The zero-order valence-corrected chi connectivity index (χ0v) is 9.14. The standard InChI is InChI=1S/C10H17N3O/c1-6(2)10(3)8-7(5-13(10)4)9(14)12-11-8/h6H,5H2,1-4H3,(H2,11,12,14). The molecule has 0 aliphatic carbocycles. The van der Waals surface area contributed by atoms with E-state index in [4.69, 9.17) is 0 Å². The first kappa shape index (κ1) is 9.52. The summed E-state index contributed by atoms with van der Waals surface area (Å²) in [6, 6.07) is 0. The number of H-pyrrole nitrogens is 2. The van der Waals surface area contributed by atoms with E-state index in [0.29, 0.717) is 5.92 Å². The first-order valence-electron chi connectivity index (χ1n) is 4.99.